The quantitative estimate of drug-likeness (QED) is 0.893. The molecule has 0 aromatic carbocycles. The van der Waals surface area contributed by atoms with Crippen LogP contribution in [0.4, 0.5) is 0 Å². The van der Waals surface area contributed by atoms with Crippen molar-refractivity contribution in [3.05, 3.63) is 16.6 Å². The standard InChI is InChI=1S/C13H17N3O2S/c1-7-10-5-11(19-13(10)16(2)15-7)12(18)14-6-8-3-9(17)4-8/h5,8-9,17H,3-4,6H2,1-2H3,(H,14,18). The van der Waals surface area contributed by atoms with Gasteiger partial charge < -0.3 is 10.4 Å². The van der Waals surface area contributed by atoms with E-state index in [0.717, 1.165) is 33.6 Å². The van der Waals surface area contributed by atoms with E-state index in [2.05, 4.69) is 10.4 Å². The Morgan fingerprint density at radius 3 is 3.00 bits per heavy atom. The van der Waals surface area contributed by atoms with E-state index in [4.69, 9.17) is 0 Å². The maximum Gasteiger partial charge on any atom is 0.261 e. The molecule has 1 fully saturated rings. The van der Waals surface area contributed by atoms with Gasteiger partial charge in [-0.15, -0.1) is 11.3 Å². The Morgan fingerprint density at radius 2 is 2.37 bits per heavy atom. The lowest BCUT2D eigenvalue weighted by Crippen LogP contribution is -2.38. The number of carbonyl (C=O) groups is 1. The van der Waals surface area contributed by atoms with Crippen molar-refractivity contribution in [2.75, 3.05) is 6.54 Å². The molecule has 5 nitrogen and oxygen atoms in total. The van der Waals surface area contributed by atoms with Crippen molar-refractivity contribution in [2.45, 2.75) is 25.9 Å². The lowest BCUT2D eigenvalue weighted by atomic mass is 9.82. The number of nitrogens with one attached hydrogen (secondary N) is 1. The van der Waals surface area contributed by atoms with Crippen molar-refractivity contribution in [3.63, 3.8) is 0 Å². The number of rotatable bonds is 3. The lowest BCUT2D eigenvalue weighted by molar-refractivity contribution is 0.0420. The molecule has 0 unspecified atom stereocenters. The van der Waals surface area contributed by atoms with Crippen LogP contribution in [0.1, 0.15) is 28.2 Å². The monoisotopic (exact) mass is 279 g/mol. The second-order valence-corrected chi connectivity index (χ2v) is 6.27. The molecule has 0 aliphatic heterocycles. The summed E-state index contributed by atoms with van der Waals surface area (Å²) in [4.78, 5) is 13.8. The fourth-order valence-corrected chi connectivity index (χ4v) is 3.55. The van der Waals surface area contributed by atoms with Crippen molar-refractivity contribution >= 4 is 27.5 Å². The van der Waals surface area contributed by atoms with Crippen LogP contribution in [-0.2, 0) is 7.05 Å². The molecule has 2 N–H and O–H groups in total. The highest BCUT2D eigenvalue weighted by atomic mass is 32.1. The van der Waals surface area contributed by atoms with E-state index in [1.807, 2.05) is 24.7 Å². The molecule has 1 amide bonds. The highest BCUT2D eigenvalue weighted by Crippen LogP contribution is 2.28. The number of nitrogens with zero attached hydrogens (tertiary/aromatic N) is 2. The van der Waals surface area contributed by atoms with Gasteiger partial charge in [-0.25, -0.2) is 0 Å². The van der Waals surface area contributed by atoms with Crippen molar-refractivity contribution in [3.8, 4) is 0 Å². The minimum absolute atomic E-state index is 0.0259. The number of amides is 1. The van der Waals surface area contributed by atoms with Crippen LogP contribution < -0.4 is 5.32 Å². The molecule has 1 aliphatic carbocycles. The second-order valence-electron chi connectivity index (χ2n) is 5.24. The van der Waals surface area contributed by atoms with Crippen LogP contribution in [0, 0.1) is 12.8 Å². The summed E-state index contributed by atoms with van der Waals surface area (Å²) in [6.45, 7) is 2.61. The third kappa shape index (κ3) is 2.26. The molecular weight excluding hydrogens is 262 g/mol. The topological polar surface area (TPSA) is 67.2 Å². The van der Waals surface area contributed by atoms with Crippen LogP contribution in [0.5, 0.6) is 0 Å². The van der Waals surface area contributed by atoms with Gasteiger partial charge in [-0.05, 0) is 31.7 Å². The zero-order valence-electron chi connectivity index (χ0n) is 11.0. The minimum atomic E-state index is -0.167. The van der Waals surface area contributed by atoms with Gasteiger partial charge >= 0.3 is 0 Å². The predicted octanol–water partition coefficient (Wildman–Crippen LogP) is 1.44. The zero-order chi connectivity index (χ0) is 13.6. The molecule has 0 spiro atoms. The molecule has 6 heteroatoms. The van der Waals surface area contributed by atoms with E-state index in [1.165, 1.54) is 11.3 Å². The number of thiophene rings is 1. The lowest BCUT2D eigenvalue weighted by Gasteiger charge is -2.31. The van der Waals surface area contributed by atoms with Gasteiger partial charge in [-0.1, -0.05) is 0 Å². The minimum Gasteiger partial charge on any atom is -0.393 e. The van der Waals surface area contributed by atoms with Gasteiger partial charge in [0.2, 0.25) is 0 Å². The summed E-state index contributed by atoms with van der Waals surface area (Å²) in [6, 6.07) is 1.91. The van der Waals surface area contributed by atoms with E-state index in [0.29, 0.717) is 12.5 Å². The van der Waals surface area contributed by atoms with E-state index >= 15 is 0 Å². The van der Waals surface area contributed by atoms with Crippen LogP contribution in [0.2, 0.25) is 0 Å². The average Bonchev–Trinajstić information content (AvgIpc) is 2.86. The summed E-state index contributed by atoms with van der Waals surface area (Å²) in [6.07, 6.45) is 1.44. The molecule has 19 heavy (non-hydrogen) atoms. The van der Waals surface area contributed by atoms with Gasteiger partial charge in [0.15, 0.2) is 0 Å². The SMILES string of the molecule is Cc1nn(C)c2sc(C(=O)NCC3CC(O)C3)cc12. The number of hydrogen-bond donors (Lipinski definition) is 2. The average molecular weight is 279 g/mol. The molecule has 0 radical (unpaired) electrons. The van der Waals surface area contributed by atoms with Gasteiger partial charge in [0.25, 0.3) is 5.91 Å². The number of aliphatic hydroxyl groups excluding tert-OH is 1. The Bertz CT molecular complexity index is 591. The van der Waals surface area contributed by atoms with Crippen LogP contribution in [0.15, 0.2) is 6.07 Å². The Kier molecular flexibility index (Phi) is 3.06. The van der Waals surface area contributed by atoms with Crippen molar-refractivity contribution < 1.29 is 9.90 Å². The third-order valence-electron chi connectivity index (χ3n) is 3.68. The molecule has 0 bridgehead atoms. The summed E-state index contributed by atoms with van der Waals surface area (Å²) in [5, 5.41) is 17.5. The number of carbonyl (C=O) groups excluding carboxylic acids is 1. The molecular formula is C13H17N3O2S. The fourth-order valence-electron chi connectivity index (χ4n) is 2.51. The molecule has 0 atom stereocenters. The fraction of sp³-hybridized carbons (Fsp3) is 0.538. The van der Waals surface area contributed by atoms with Crippen LogP contribution in [0.25, 0.3) is 10.2 Å². The normalized spacial score (nSPS) is 22.5. The van der Waals surface area contributed by atoms with E-state index in [-0.39, 0.29) is 12.0 Å². The first-order chi connectivity index (χ1) is 9.04. The van der Waals surface area contributed by atoms with Gasteiger partial charge in [-0.3, -0.25) is 9.48 Å². The van der Waals surface area contributed by atoms with Gasteiger partial charge in [0, 0.05) is 19.0 Å². The molecule has 2 heterocycles. The Balaban J connectivity index is 1.69. The number of aryl methyl sites for hydroxylation is 2. The number of aromatic nitrogens is 2. The van der Waals surface area contributed by atoms with Gasteiger partial charge in [0.1, 0.15) is 4.83 Å². The third-order valence-corrected chi connectivity index (χ3v) is 4.88. The summed E-state index contributed by atoms with van der Waals surface area (Å²) in [5.41, 5.74) is 0.954. The number of aliphatic hydroxyl groups is 1. The molecule has 3 rings (SSSR count). The molecule has 2 aromatic heterocycles. The van der Waals surface area contributed by atoms with Crippen LogP contribution in [0.3, 0.4) is 0 Å². The van der Waals surface area contributed by atoms with E-state index < -0.39 is 0 Å². The van der Waals surface area contributed by atoms with Crippen LogP contribution >= 0.6 is 11.3 Å². The maximum absolute atomic E-state index is 12.1. The Labute approximate surface area is 115 Å². The smallest absolute Gasteiger partial charge is 0.261 e. The number of hydrogen-bond acceptors (Lipinski definition) is 4. The summed E-state index contributed by atoms with van der Waals surface area (Å²) < 4.78 is 1.81. The first-order valence-electron chi connectivity index (χ1n) is 6.44. The Morgan fingerprint density at radius 1 is 1.63 bits per heavy atom. The highest BCUT2D eigenvalue weighted by molar-refractivity contribution is 7.20. The van der Waals surface area contributed by atoms with Crippen LogP contribution in [-0.4, -0.2) is 33.4 Å². The summed E-state index contributed by atoms with van der Waals surface area (Å²) in [7, 11) is 1.89. The highest BCUT2D eigenvalue weighted by Gasteiger charge is 2.27. The maximum atomic E-state index is 12.1. The largest absolute Gasteiger partial charge is 0.393 e. The van der Waals surface area contributed by atoms with Crippen molar-refractivity contribution in [2.24, 2.45) is 13.0 Å². The molecule has 2 aromatic rings. The van der Waals surface area contributed by atoms with Gasteiger partial charge in [-0.2, -0.15) is 5.10 Å². The van der Waals surface area contributed by atoms with Gasteiger partial charge in [0.05, 0.1) is 16.7 Å². The van der Waals surface area contributed by atoms with Crippen molar-refractivity contribution in [1.29, 1.82) is 0 Å². The predicted molar refractivity (Wildman–Crippen MR) is 74.4 cm³/mol. The Hall–Kier alpha value is -1.40. The second kappa shape index (κ2) is 4.61. The summed E-state index contributed by atoms with van der Waals surface area (Å²) in [5.74, 6) is 0.402. The molecule has 102 valence electrons. The molecule has 1 saturated carbocycles. The van der Waals surface area contributed by atoms with Crippen molar-refractivity contribution in [1.82, 2.24) is 15.1 Å². The zero-order valence-corrected chi connectivity index (χ0v) is 11.8. The van der Waals surface area contributed by atoms with E-state index in [1.54, 1.807) is 0 Å². The molecule has 1 aliphatic rings. The van der Waals surface area contributed by atoms with E-state index in [9.17, 15) is 9.90 Å². The first kappa shape index (κ1) is 12.6. The number of fused-ring (bicyclic) bond motifs is 1. The summed E-state index contributed by atoms with van der Waals surface area (Å²) >= 11 is 1.47. The molecule has 0 saturated heterocycles. The first-order valence-corrected chi connectivity index (χ1v) is 7.25.